The first-order chi connectivity index (χ1) is 15.2. The van der Waals surface area contributed by atoms with Crippen molar-refractivity contribution in [2.75, 3.05) is 65.6 Å². The topological polar surface area (TPSA) is 94.8 Å². The van der Waals surface area contributed by atoms with Crippen molar-refractivity contribution in [3.8, 4) is 11.5 Å². The van der Waals surface area contributed by atoms with E-state index in [4.69, 9.17) is 14.6 Å². The van der Waals surface area contributed by atoms with E-state index in [9.17, 15) is 9.90 Å². The lowest BCUT2D eigenvalue weighted by atomic mass is 9.82. The van der Waals surface area contributed by atoms with Crippen molar-refractivity contribution in [2.45, 2.75) is 18.8 Å². The first kappa shape index (κ1) is 21.8. The molecule has 8 nitrogen and oxygen atoms in total. The number of β-amino-alcohol motifs (C(OH)–C–C–N with tert-alkyl or cyclic N) is 1. The molecule has 1 unspecified atom stereocenters. The molecule has 0 amide bonds. The molecule has 1 fully saturated rings. The molecule has 2 aliphatic heterocycles. The van der Waals surface area contributed by atoms with Gasteiger partial charge >= 0.3 is 0 Å². The number of aliphatic imine (C=N–C) groups is 1. The molecule has 0 spiro atoms. The van der Waals surface area contributed by atoms with E-state index in [-0.39, 0.29) is 24.1 Å². The number of carbonyl (C=O) groups is 1. The molecule has 168 valence electrons. The molecular weight excluding hydrogens is 398 g/mol. The van der Waals surface area contributed by atoms with Gasteiger partial charge in [0.2, 0.25) is 0 Å². The van der Waals surface area contributed by atoms with Gasteiger partial charge in [0.05, 0.1) is 18.7 Å². The number of benzene rings is 1. The minimum atomic E-state index is -0.128. The predicted molar refractivity (Wildman–Crippen MR) is 117 cm³/mol. The molecule has 1 atom stereocenters. The first-order valence-corrected chi connectivity index (χ1v) is 11.0. The summed E-state index contributed by atoms with van der Waals surface area (Å²) in [6.45, 7) is 7.16. The van der Waals surface area contributed by atoms with Crippen LogP contribution in [0.2, 0.25) is 0 Å². The van der Waals surface area contributed by atoms with Crippen molar-refractivity contribution >= 4 is 12.0 Å². The van der Waals surface area contributed by atoms with Crippen LogP contribution in [0.4, 0.5) is 0 Å². The molecule has 1 aromatic rings. The number of aliphatic hydroxyl groups excluding tert-OH is 2. The lowest BCUT2D eigenvalue weighted by Crippen LogP contribution is -2.47. The molecule has 0 aromatic heterocycles. The summed E-state index contributed by atoms with van der Waals surface area (Å²) in [5.41, 5.74) is 1.24. The smallest absolute Gasteiger partial charge is 0.168 e. The van der Waals surface area contributed by atoms with Gasteiger partial charge in [0.25, 0.3) is 0 Å². The molecule has 0 bridgehead atoms. The maximum atomic E-state index is 12.7. The molecule has 3 aliphatic rings. The Morgan fingerprint density at radius 1 is 1.06 bits per heavy atom. The average Bonchev–Trinajstić information content (AvgIpc) is 2.79. The van der Waals surface area contributed by atoms with Crippen LogP contribution in [-0.2, 0) is 4.79 Å². The predicted octanol–water partition coefficient (Wildman–Crippen LogP) is 1.40. The number of hydrogen-bond acceptors (Lipinski definition) is 8. The van der Waals surface area contributed by atoms with Gasteiger partial charge in [-0.3, -0.25) is 19.6 Å². The summed E-state index contributed by atoms with van der Waals surface area (Å²) in [5, 5.41) is 19.6. The summed E-state index contributed by atoms with van der Waals surface area (Å²) in [7, 11) is 0. The third kappa shape index (κ3) is 5.26. The van der Waals surface area contributed by atoms with Crippen molar-refractivity contribution in [2.24, 2.45) is 4.99 Å². The molecule has 31 heavy (non-hydrogen) atoms. The fourth-order valence-corrected chi connectivity index (χ4v) is 4.43. The first-order valence-electron chi connectivity index (χ1n) is 11.0. The van der Waals surface area contributed by atoms with Gasteiger partial charge in [-0.05, 0) is 6.07 Å². The molecule has 1 aromatic carbocycles. The molecule has 8 heteroatoms. The Hall–Kier alpha value is -2.42. The second kappa shape index (κ2) is 10.3. The fourth-order valence-electron chi connectivity index (χ4n) is 4.43. The third-order valence-corrected chi connectivity index (χ3v) is 6.17. The van der Waals surface area contributed by atoms with E-state index >= 15 is 0 Å². The summed E-state index contributed by atoms with van der Waals surface area (Å²) in [6, 6.07) is 5.70. The summed E-state index contributed by atoms with van der Waals surface area (Å²) in [5.74, 6) is 1.26. The van der Waals surface area contributed by atoms with Crippen LogP contribution < -0.4 is 9.47 Å². The quantitative estimate of drug-likeness (QED) is 0.633. The number of carbonyl (C=O) groups excluding carboxylic acids is 1. The van der Waals surface area contributed by atoms with E-state index in [1.165, 1.54) is 6.21 Å². The zero-order valence-corrected chi connectivity index (χ0v) is 17.8. The van der Waals surface area contributed by atoms with E-state index in [1.54, 1.807) is 0 Å². The van der Waals surface area contributed by atoms with Gasteiger partial charge in [-0.15, -0.1) is 0 Å². The van der Waals surface area contributed by atoms with E-state index in [1.807, 2.05) is 18.2 Å². The van der Waals surface area contributed by atoms with Gasteiger partial charge in [0, 0.05) is 69.8 Å². The molecular formula is C23H31N3O5. The molecule has 1 saturated heterocycles. The van der Waals surface area contributed by atoms with Crippen LogP contribution >= 0.6 is 0 Å². The number of allylic oxidation sites excluding steroid dienone is 2. The van der Waals surface area contributed by atoms with Gasteiger partial charge in [0.1, 0.15) is 19.0 Å². The number of rotatable bonds is 7. The highest BCUT2D eigenvalue weighted by Crippen LogP contribution is 2.42. The summed E-state index contributed by atoms with van der Waals surface area (Å²) in [4.78, 5) is 21.7. The highest BCUT2D eigenvalue weighted by atomic mass is 16.6. The van der Waals surface area contributed by atoms with Gasteiger partial charge in [-0.2, -0.15) is 0 Å². The summed E-state index contributed by atoms with van der Waals surface area (Å²) in [6.07, 6.45) is 2.24. The third-order valence-electron chi connectivity index (χ3n) is 6.17. The van der Waals surface area contributed by atoms with E-state index in [0.717, 1.165) is 44.8 Å². The Kier molecular flexibility index (Phi) is 7.21. The standard InChI is InChI=1S/C23H31N3O5/c27-11-10-26-8-6-25(7-9-26)5-4-24-16-19-20(28)14-17(15-21(19)29)18-2-1-3-22-23(18)31-13-12-30-22/h1-3,16-17,27-28H,4-15H2. The lowest BCUT2D eigenvalue weighted by molar-refractivity contribution is -0.116. The second-order valence-electron chi connectivity index (χ2n) is 8.20. The molecule has 2 N–H and O–H groups in total. The van der Waals surface area contributed by atoms with E-state index in [2.05, 4.69) is 14.8 Å². The van der Waals surface area contributed by atoms with Crippen LogP contribution in [0.15, 0.2) is 34.5 Å². The SMILES string of the molecule is O=C1CC(c2cccc3c2OCCO3)CC(O)=C1C=NCCN1CCN(CCO)CC1. The number of ketones is 1. The van der Waals surface area contributed by atoms with Crippen molar-refractivity contribution < 1.29 is 24.5 Å². The number of piperazine rings is 1. The van der Waals surface area contributed by atoms with Gasteiger partial charge < -0.3 is 19.7 Å². The van der Waals surface area contributed by atoms with Crippen LogP contribution in [0.25, 0.3) is 0 Å². The van der Waals surface area contributed by atoms with Crippen molar-refractivity contribution in [3.63, 3.8) is 0 Å². The molecule has 4 rings (SSSR count). The molecule has 0 saturated carbocycles. The van der Waals surface area contributed by atoms with Crippen LogP contribution in [0.3, 0.4) is 0 Å². The Morgan fingerprint density at radius 2 is 1.81 bits per heavy atom. The van der Waals surface area contributed by atoms with Crippen molar-refractivity contribution in [1.82, 2.24) is 9.80 Å². The number of nitrogens with zero attached hydrogens (tertiary/aromatic N) is 3. The second-order valence-corrected chi connectivity index (χ2v) is 8.20. The maximum absolute atomic E-state index is 12.7. The van der Waals surface area contributed by atoms with Crippen LogP contribution in [0.1, 0.15) is 24.3 Å². The van der Waals surface area contributed by atoms with Gasteiger partial charge in [-0.25, -0.2) is 0 Å². The lowest BCUT2D eigenvalue weighted by Gasteiger charge is -2.33. The van der Waals surface area contributed by atoms with Crippen molar-refractivity contribution in [3.05, 3.63) is 35.1 Å². The summed E-state index contributed by atoms with van der Waals surface area (Å²) >= 11 is 0. The molecule has 1 aliphatic carbocycles. The Morgan fingerprint density at radius 3 is 2.55 bits per heavy atom. The number of para-hydroxylation sites is 1. The zero-order chi connectivity index (χ0) is 21.6. The van der Waals surface area contributed by atoms with Crippen LogP contribution in [0, 0.1) is 0 Å². The zero-order valence-electron chi connectivity index (χ0n) is 17.8. The van der Waals surface area contributed by atoms with Crippen molar-refractivity contribution in [1.29, 1.82) is 0 Å². The van der Waals surface area contributed by atoms with Gasteiger partial charge in [-0.1, -0.05) is 12.1 Å². The normalized spacial score (nSPS) is 23.0. The Balaban J connectivity index is 1.33. The molecule has 2 heterocycles. The highest BCUT2D eigenvalue weighted by molar-refractivity contribution is 6.14. The van der Waals surface area contributed by atoms with Crippen LogP contribution in [0.5, 0.6) is 11.5 Å². The largest absolute Gasteiger partial charge is 0.511 e. The number of hydrogen-bond donors (Lipinski definition) is 2. The monoisotopic (exact) mass is 429 g/mol. The molecule has 0 radical (unpaired) electrons. The Labute approximate surface area is 182 Å². The van der Waals surface area contributed by atoms with Crippen LogP contribution in [-0.4, -0.2) is 97.6 Å². The van der Waals surface area contributed by atoms with E-state index < -0.39 is 0 Å². The number of fused-ring (bicyclic) bond motifs is 1. The number of aliphatic hydroxyl groups is 2. The average molecular weight is 430 g/mol. The number of ether oxygens (including phenoxy) is 2. The fraction of sp³-hybridized carbons (Fsp3) is 0.565. The summed E-state index contributed by atoms with van der Waals surface area (Å²) < 4.78 is 11.4. The van der Waals surface area contributed by atoms with Gasteiger partial charge in [0.15, 0.2) is 17.3 Å². The number of Topliss-reactive ketones (excluding diaryl/α,β-unsaturated/α-hetero) is 1. The Bertz CT molecular complexity index is 846. The van der Waals surface area contributed by atoms with E-state index in [0.29, 0.717) is 49.7 Å². The minimum Gasteiger partial charge on any atom is -0.511 e. The minimum absolute atomic E-state index is 0.0931. The maximum Gasteiger partial charge on any atom is 0.168 e. The highest BCUT2D eigenvalue weighted by Gasteiger charge is 2.31.